The van der Waals surface area contributed by atoms with Crippen LogP contribution >= 0.6 is 27.5 Å². The fourth-order valence-electron chi connectivity index (χ4n) is 1.98. The van der Waals surface area contributed by atoms with Crippen LogP contribution in [0.1, 0.15) is 0 Å². The molecule has 96 valence electrons. The second-order valence-electron chi connectivity index (χ2n) is 4.01. The molecule has 0 radical (unpaired) electrons. The maximum Gasteiger partial charge on any atom is 0.205 e. The molecule has 2 N–H and O–H groups in total. The maximum atomic E-state index is 13.6. The van der Waals surface area contributed by atoms with Crippen LogP contribution < -0.4 is 5.73 Å². The van der Waals surface area contributed by atoms with Crippen molar-refractivity contribution in [3.05, 3.63) is 51.7 Å². The summed E-state index contributed by atoms with van der Waals surface area (Å²) in [5.41, 5.74) is 7.85. The van der Waals surface area contributed by atoms with Gasteiger partial charge in [-0.3, -0.25) is 4.57 Å². The SMILES string of the molecule is Nc1nc2cc(Cl)c(F)cc2n1-c1ccccc1Br. The number of imidazole rings is 1. The van der Waals surface area contributed by atoms with Crippen LogP contribution in [0.25, 0.3) is 16.7 Å². The van der Waals surface area contributed by atoms with Crippen LogP contribution in [-0.4, -0.2) is 9.55 Å². The lowest BCUT2D eigenvalue weighted by atomic mass is 10.2. The molecule has 3 rings (SSSR count). The van der Waals surface area contributed by atoms with E-state index in [0.717, 1.165) is 10.2 Å². The third-order valence-electron chi connectivity index (χ3n) is 2.82. The summed E-state index contributed by atoms with van der Waals surface area (Å²) in [5.74, 6) is -0.217. The summed E-state index contributed by atoms with van der Waals surface area (Å²) in [5, 5.41) is 0.0317. The molecule has 1 aromatic heterocycles. The highest BCUT2D eigenvalue weighted by molar-refractivity contribution is 9.10. The van der Waals surface area contributed by atoms with E-state index in [1.807, 2.05) is 24.3 Å². The summed E-state index contributed by atoms with van der Waals surface area (Å²) in [6.07, 6.45) is 0. The number of anilines is 1. The molecule has 0 amide bonds. The van der Waals surface area contributed by atoms with Gasteiger partial charge >= 0.3 is 0 Å². The Hall–Kier alpha value is -1.59. The lowest BCUT2D eigenvalue weighted by Crippen LogP contribution is -2.01. The predicted octanol–water partition coefficient (Wildman–Crippen LogP) is 4.16. The highest BCUT2D eigenvalue weighted by Crippen LogP contribution is 2.30. The molecule has 0 saturated carbocycles. The summed E-state index contributed by atoms with van der Waals surface area (Å²) >= 11 is 9.20. The van der Waals surface area contributed by atoms with Crippen LogP contribution in [0.3, 0.4) is 0 Å². The van der Waals surface area contributed by atoms with Gasteiger partial charge in [-0.2, -0.15) is 0 Å². The third kappa shape index (κ3) is 1.99. The Bertz CT molecular complexity index is 785. The number of hydrogen-bond donors (Lipinski definition) is 1. The van der Waals surface area contributed by atoms with Gasteiger partial charge < -0.3 is 5.73 Å². The molecule has 6 heteroatoms. The monoisotopic (exact) mass is 339 g/mol. The molecular weight excluding hydrogens is 333 g/mol. The van der Waals surface area contributed by atoms with E-state index in [4.69, 9.17) is 17.3 Å². The number of nitrogen functional groups attached to an aromatic ring is 1. The molecule has 19 heavy (non-hydrogen) atoms. The van der Waals surface area contributed by atoms with E-state index in [0.29, 0.717) is 11.0 Å². The van der Waals surface area contributed by atoms with Crippen LogP contribution in [0.4, 0.5) is 10.3 Å². The summed E-state index contributed by atoms with van der Waals surface area (Å²) < 4.78 is 16.2. The van der Waals surface area contributed by atoms with E-state index in [1.165, 1.54) is 12.1 Å². The average Bonchev–Trinajstić information content (AvgIpc) is 2.66. The standard InChI is InChI=1S/C13H8BrClFN3/c14-7-3-1-2-4-11(7)19-12-6-9(16)8(15)5-10(12)18-13(19)17/h1-6H,(H2,17,18). The number of nitrogens with two attached hydrogens (primary N) is 1. The first-order chi connectivity index (χ1) is 9.08. The molecule has 0 aliphatic heterocycles. The van der Waals surface area contributed by atoms with Crippen molar-refractivity contribution in [2.75, 3.05) is 5.73 Å². The summed E-state index contributed by atoms with van der Waals surface area (Å²) in [4.78, 5) is 4.20. The molecule has 0 aliphatic carbocycles. The fraction of sp³-hybridized carbons (Fsp3) is 0. The molecule has 1 heterocycles. The first-order valence-corrected chi connectivity index (χ1v) is 6.63. The van der Waals surface area contributed by atoms with Crippen molar-refractivity contribution in [1.29, 1.82) is 0 Å². The van der Waals surface area contributed by atoms with E-state index >= 15 is 0 Å². The van der Waals surface area contributed by atoms with Crippen molar-refractivity contribution < 1.29 is 4.39 Å². The quantitative estimate of drug-likeness (QED) is 0.723. The minimum absolute atomic E-state index is 0.0317. The Morgan fingerprint density at radius 2 is 2.00 bits per heavy atom. The molecule has 3 nitrogen and oxygen atoms in total. The van der Waals surface area contributed by atoms with Crippen molar-refractivity contribution in [2.24, 2.45) is 0 Å². The molecule has 0 saturated heterocycles. The van der Waals surface area contributed by atoms with Gasteiger partial charge in [0.1, 0.15) is 5.82 Å². The number of para-hydroxylation sites is 1. The van der Waals surface area contributed by atoms with Crippen molar-refractivity contribution >= 4 is 44.5 Å². The zero-order valence-corrected chi connectivity index (χ0v) is 11.9. The van der Waals surface area contributed by atoms with E-state index in [9.17, 15) is 4.39 Å². The second kappa shape index (κ2) is 4.51. The zero-order chi connectivity index (χ0) is 13.6. The number of nitrogens with zero attached hydrogens (tertiary/aromatic N) is 2. The number of rotatable bonds is 1. The molecule has 0 unspecified atom stereocenters. The molecular formula is C13H8BrClFN3. The molecule has 0 spiro atoms. The van der Waals surface area contributed by atoms with Crippen molar-refractivity contribution in [3.8, 4) is 5.69 Å². The first-order valence-electron chi connectivity index (χ1n) is 5.46. The lowest BCUT2D eigenvalue weighted by molar-refractivity contribution is 0.629. The van der Waals surface area contributed by atoms with Crippen LogP contribution in [-0.2, 0) is 0 Å². The number of fused-ring (bicyclic) bond motifs is 1. The number of benzene rings is 2. The van der Waals surface area contributed by atoms with Crippen LogP contribution in [0.5, 0.6) is 0 Å². The topological polar surface area (TPSA) is 43.8 Å². The van der Waals surface area contributed by atoms with Gasteiger partial charge in [0.05, 0.1) is 21.7 Å². The summed E-state index contributed by atoms with van der Waals surface area (Å²) in [6.45, 7) is 0. The third-order valence-corrected chi connectivity index (χ3v) is 3.78. The normalized spacial score (nSPS) is 11.1. The van der Waals surface area contributed by atoms with Gasteiger partial charge in [-0.1, -0.05) is 23.7 Å². The molecule has 0 atom stereocenters. The molecule has 0 bridgehead atoms. The Balaban J connectivity index is 2.38. The molecule has 2 aromatic carbocycles. The smallest absolute Gasteiger partial charge is 0.205 e. The fourth-order valence-corrected chi connectivity index (χ4v) is 2.60. The van der Waals surface area contributed by atoms with Gasteiger partial charge in [0.25, 0.3) is 0 Å². The van der Waals surface area contributed by atoms with Crippen molar-refractivity contribution in [2.45, 2.75) is 0 Å². The Kier molecular flexibility index (Phi) is 2.95. The average molecular weight is 341 g/mol. The van der Waals surface area contributed by atoms with E-state index in [1.54, 1.807) is 4.57 Å². The van der Waals surface area contributed by atoms with Crippen LogP contribution in [0.15, 0.2) is 40.9 Å². The highest BCUT2D eigenvalue weighted by atomic mass is 79.9. The number of halogens is 3. The van der Waals surface area contributed by atoms with Gasteiger partial charge in [0.2, 0.25) is 5.95 Å². The molecule has 0 fully saturated rings. The summed E-state index contributed by atoms with van der Waals surface area (Å²) in [7, 11) is 0. The van der Waals surface area contributed by atoms with E-state index < -0.39 is 5.82 Å². The van der Waals surface area contributed by atoms with E-state index in [-0.39, 0.29) is 11.0 Å². The van der Waals surface area contributed by atoms with E-state index in [2.05, 4.69) is 20.9 Å². The summed E-state index contributed by atoms with van der Waals surface area (Å²) in [6, 6.07) is 10.3. The number of aromatic nitrogens is 2. The number of hydrogen-bond acceptors (Lipinski definition) is 2. The predicted molar refractivity (Wildman–Crippen MR) is 78.2 cm³/mol. The Morgan fingerprint density at radius 1 is 1.26 bits per heavy atom. The maximum absolute atomic E-state index is 13.6. The Labute approximate surface area is 121 Å². The Morgan fingerprint density at radius 3 is 2.74 bits per heavy atom. The first kappa shape index (κ1) is 12.4. The largest absolute Gasteiger partial charge is 0.369 e. The lowest BCUT2D eigenvalue weighted by Gasteiger charge is -2.08. The molecule has 0 aliphatic rings. The molecule has 3 aromatic rings. The van der Waals surface area contributed by atoms with Gasteiger partial charge in [-0.05, 0) is 34.1 Å². The van der Waals surface area contributed by atoms with Crippen LogP contribution in [0.2, 0.25) is 5.02 Å². The van der Waals surface area contributed by atoms with Gasteiger partial charge in [-0.15, -0.1) is 0 Å². The minimum atomic E-state index is -0.498. The van der Waals surface area contributed by atoms with Gasteiger partial charge in [-0.25, -0.2) is 9.37 Å². The second-order valence-corrected chi connectivity index (χ2v) is 5.27. The van der Waals surface area contributed by atoms with Gasteiger partial charge in [0, 0.05) is 10.5 Å². The van der Waals surface area contributed by atoms with Crippen molar-refractivity contribution in [3.63, 3.8) is 0 Å². The zero-order valence-electron chi connectivity index (χ0n) is 9.57. The minimum Gasteiger partial charge on any atom is -0.369 e. The van der Waals surface area contributed by atoms with Gasteiger partial charge in [0.15, 0.2) is 0 Å². The van der Waals surface area contributed by atoms with Crippen LogP contribution in [0, 0.1) is 5.82 Å². The van der Waals surface area contributed by atoms with Crippen molar-refractivity contribution in [1.82, 2.24) is 9.55 Å². The highest BCUT2D eigenvalue weighted by Gasteiger charge is 2.14.